The fourth-order valence-electron chi connectivity index (χ4n) is 1.64. The molecule has 0 heterocycles. The van der Waals surface area contributed by atoms with E-state index >= 15 is 0 Å². The summed E-state index contributed by atoms with van der Waals surface area (Å²) in [5.74, 6) is 6.32. The molecule has 0 saturated heterocycles. The molecule has 5 heteroatoms. The lowest BCUT2D eigenvalue weighted by Gasteiger charge is -2.13. The maximum Gasteiger partial charge on any atom is 0.254 e. The third kappa shape index (κ3) is 6.19. The summed E-state index contributed by atoms with van der Waals surface area (Å²) in [6.45, 7) is 3.92. The van der Waals surface area contributed by atoms with E-state index in [2.05, 4.69) is 17.2 Å². The number of amides is 1. The van der Waals surface area contributed by atoms with Crippen LogP contribution in [0.4, 0.5) is 4.39 Å². The van der Waals surface area contributed by atoms with E-state index in [9.17, 15) is 9.18 Å². The van der Waals surface area contributed by atoms with E-state index in [1.54, 1.807) is 11.8 Å². The van der Waals surface area contributed by atoms with Gasteiger partial charge in [-0.15, -0.1) is 0 Å². The number of thioether (sulfide) groups is 1. The van der Waals surface area contributed by atoms with Crippen molar-refractivity contribution in [3.63, 3.8) is 0 Å². The van der Waals surface area contributed by atoms with E-state index < -0.39 is 11.7 Å². The van der Waals surface area contributed by atoms with Gasteiger partial charge in [0.05, 0.1) is 12.2 Å². The molecule has 0 bridgehead atoms. The van der Waals surface area contributed by atoms with Gasteiger partial charge in [0.1, 0.15) is 5.82 Å². The summed E-state index contributed by atoms with van der Waals surface area (Å²) in [6.07, 6.45) is 0.351. The fourth-order valence-corrected chi connectivity index (χ4v) is 2.31. The molecule has 1 amide bonds. The molecule has 0 aliphatic heterocycles. The van der Waals surface area contributed by atoms with E-state index in [4.69, 9.17) is 5.11 Å². The fraction of sp³-hybridized carbons (Fsp3) is 0.438. The number of carbonyl (C=O) groups is 1. The maximum atomic E-state index is 13.8. The number of halogens is 1. The van der Waals surface area contributed by atoms with Gasteiger partial charge in [-0.05, 0) is 30.9 Å². The molecule has 0 aliphatic carbocycles. The number of rotatable bonds is 6. The third-order valence-electron chi connectivity index (χ3n) is 2.63. The highest BCUT2D eigenvalue weighted by Crippen LogP contribution is 2.11. The van der Waals surface area contributed by atoms with Crippen LogP contribution in [-0.2, 0) is 0 Å². The molecule has 1 aromatic rings. The van der Waals surface area contributed by atoms with Gasteiger partial charge in [-0.3, -0.25) is 4.79 Å². The highest BCUT2D eigenvalue weighted by atomic mass is 32.2. The van der Waals surface area contributed by atoms with Crippen molar-refractivity contribution < 1.29 is 14.3 Å². The molecular weight excluding hydrogens is 289 g/mol. The number of benzene rings is 1. The summed E-state index contributed by atoms with van der Waals surface area (Å²) >= 11 is 1.72. The van der Waals surface area contributed by atoms with Gasteiger partial charge < -0.3 is 10.4 Å². The topological polar surface area (TPSA) is 49.3 Å². The first kappa shape index (κ1) is 17.5. The number of aliphatic hydroxyl groups excluding tert-OH is 1. The second-order valence-electron chi connectivity index (χ2n) is 4.50. The van der Waals surface area contributed by atoms with Gasteiger partial charge in [0, 0.05) is 23.8 Å². The lowest BCUT2D eigenvalue weighted by molar-refractivity contribution is 0.0939. The number of hydrogen-bond acceptors (Lipinski definition) is 3. The molecule has 1 rings (SSSR count). The minimum absolute atomic E-state index is 0.000790. The Hall–Kier alpha value is -1.51. The molecule has 0 fully saturated rings. The second-order valence-corrected chi connectivity index (χ2v) is 5.82. The Morgan fingerprint density at radius 3 is 2.95 bits per heavy atom. The molecule has 2 N–H and O–H groups in total. The van der Waals surface area contributed by atoms with Crippen LogP contribution < -0.4 is 5.32 Å². The highest BCUT2D eigenvalue weighted by molar-refractivity contribution is 7.99. The Morgan fingerprint density at radius 2 is 2.29 bits per heavy atom. The van der Waals surface area contributed by atoms with E-state index in [1.165, 1.54) is 18.2 Å². The van der Waals surface area contributed by atoms with Crippen LogP contribution in [-0.4, -0.2) is 35.2 Å². The van der Waals surface area contributed by atoms with Crippen molar-refractivity contribution in [3.05, 3.63) is 35.1 Å². The van der Waals surface area contributed by atoms with E-state index in [0.29, 0.717) is 12.0 Å². The first-order valence-corrected chi connectivity index (χ1v) is 8.01. The van der Waals surface area contributed by atoms with Gasteiger partial charge in [0.15, 0.2) is 0 Å². The van der Waals surface area contributed by atoms with Gasteiger partial charge in [0.25, 0.3) is 5.91 Å². The van der Waals surface area contributed by atoms with Crippen LogP contribution in [0.1, 0.15) is 36.2 Å². The SMILES string of the molecule is CCSCC(C)NC(=O)c1cc(C#CCCO)ccc1F. The summed E-state index contributed by atoms with van der Waals surface area (Å²) in [7, 11) is 0. The second kappa shape index (κ2) is 9.43. The largest absolute Gasteiger partial charge is 0.395 e. The van der Waals surface area contributed by atoms with Crippen molar-refractivity contribution in [1.29, 1.82) is 0 Å². The van der Waals surface area contributed by atoms with Crippen LogP contribution in [0.15, 0.2) is 18.2 Å². The van der Waals surface area contributed by atoms with Crippen LogP contribution in [0.25, 0.3) is 0 Å². The summed E-state index contributed by atoms with van der Waals surface area (Å²) in [6, 6.07) is 4.18. The average molecular weight is 309 g/mol. The first-order chi connectivity index (χ1) is 10.1. The Balaban J connectivity index is 2.79. The van der Waals surface area contributed by atoms with Crippen LogP contribution in [0.2, 0.25) is 0 Å². The summed E-state index contributed by atoms with van der Waals surface area (Å²) in [4.78, 5) is 12.1. The molecule has 0 spiro atoms. The van der Waals surface area contributed by atoms with E-state index in [0.717, 1.165) is 11.5 Å². The highest BCUT2D eigenvalue weighted by Gasteiger charge is 2.14. The summed E-state index contributed by atoms with van der Waals surface area (Å²) in [5.41, 5.74) is 0.560. The van der Waals surface area contributed by atoms with E-state index in [-0.39, 0.29) is 18.2 Å². The number of carbonyl (C=O) groups excluding carboxylic acids is 1. The summed E-state index contributed by atoms with van der Waals surface area (Å²) in [5, 5.41) is 11.5. The number of hydrogen-bond donors (Lipinski definition) is 2. The van der Waals surface area contributed by atoms with Gasteiger partial charge in [0.2, 0.25) is 0 Å². The molecule has 3 nitrogen and oxygen atoms in total. The Bertz CT molecular complexity index is 537. The molecule has 0 aromatic heterocycles. The maximum absolute atomic E-state index is 13.8. The van der Waals surface area contributed by atoms with Crippen LogP contribution in [0, 0.1) is 17.7 Å². The lowest BCUT2D eigenvalue weighted by Crippen LogP contribution is -2.34. The zero-order valence-electron chi connectivity index (χ0n) is 12.3. The molecule has 1 aromatic carbocycles. The normalized spacial score (nSPS) is 11.4. The first-order valence-electron chi connectivity index (χ1n) is 6.86. The molecular formula is C16H20FNO2S. The predicted octanol–water partition coefficient (Wildman–Crippen LogP) is 2.43. The van der Waals surface area contributed by atoms with E-state index in [1.807, 2.05) is 13.8 Å². The third-order valence-corrected chi connectivity index (χ3v) is 3.77. The van der Waals surface area contributed by atoms with Gasteiger partial charge in [-0.2, -0.15) is 11.8 Å². The van der Waals surface area contributed by atoms with Crippen LogP contribution in [0.3, 0.4) is 0 Å². The molecule has 0 radical (unpaired) electrons. The Kier molecular flexibility index (Phi) is 7.88. The standard InChI is InChI=1S/C16H20FNO2S/c1-3-21-11-12(2)18-16(20)14-10-13(6-4-5-9-19)7-8-15(14)17/h7-8,10,12,19H,3,5,9,11H2,1-2H3,(H,18,20). The van der Waals surface area contributed by atoms with Crippen molar-refractivity contribution in [2.75, 3.05) is 18.1 Å². The van der Waals surface area contributed by atoms with Crippen LogP contribution >= 0.6 is 11.8 Å². The van der Waals surface area contributed by atoms with Crippen molar-refractivity contribution in [3.8, 4) is 11.8 Å². The predicted molar refractivity (Wildman–Crippen MR) is 84.9 cm³/mol. The molecule has 1 unspecified atom stereocenters. The molecule has 1 atom stereocenters. The minimum Gasteiger partial charge on any atom is -0.395 e. The quantitative estimate of drug-likeness (QED) is 0.794. The zero-order valence-corrected chi connectivity index (χ0v) is 13.1. The Morgan fingerprint density at radius 1 is 1.52 bits per heavy atom. The zero-order chi connectivity index (χ0) is 15.7. The number of aliphatic hydroxyl groups is 1. The van der Waals surface area contributed by atoms with Crippen molar-refractivity contribution in [1.82, 2.24) is 5.32 Å². The van der Waals surface area contributed by atoms with Gasteiger partial charge in [-0.1, -0.05) is 18.8 Å². The molecule has 114 valence electrons. The van der Waals surface area contributed by atoms with Gasteiger partial charge >= 0.3 is 0 Å². The molecule has 21 heavy (non-hydrogen) atoms. The number of nitrogens with one attached hydrogen (secondary N) is 1. The lowest BCUT2D eigenvalue weighted by atomic mass is 10.1. The smallest absolute Gasteiger partial charge is 0.254 e. The molecule has 0 saturated carbocycles. The average Bonchev–Trinajstić information content (AvgIpc) is 2.47. The Labute approximate surface area is 129 Å². The summed E-state index contributed by atoms with van der Waals surface area (Å²) < 4.78 is 13.8. The molecule has 0 aliphatic rings. The van der Waals surface area contributed by atoms with Crippen molar-refractivity contribution >= 4 is 17.7 Å². The van der Waals surface area contributed by atoms with Crippen molar-refractivity contribution in [2.24, 2.45) is 0 Å². The van der Waals surface area contributed by atoms with Gasteiger partial charge in [-0.25, -0.2) is 4.39 Å². The monoisotopic (exact) mass is 309 g/mol. The minimum atomic E-state index is -0.560. The van der Waals surface area contributed by atoms with Crippen molar-refractivity contribution in [2.45, 2.75) is 26.3 Å². The van der Waals surface area contributed by atoms with Crippen LogP contribution in [0.5, 0.6) is 0 Å².